The van der Waals surface area contributed by atoms with Crippen LogP contribution >= 0.6 is 0 Å². The maximum absolute atomic E-state index is 12.2. The molecule has 1 fully saturated rings. The Morgan fingerprint density at radius 1 is 1.15 bits per heavy atom. The zero-order chi connectivity index (χ0) is 18.9. The zero-order valence-electron chi connectivity index (χ0n) is 15.2. The Balaban J connectivity index is 1.41. The molecule has 1 amide bonds. The van der Waals surface area contributed by atoms with Gasteiger partial charge < -0.3 is 9.88 Å². The number of hydrogen-bond acceptors (Lipinski definition) is 5. The van der Waals surface area contributed by atoms with Gasteiger partial charge in [-0.15, -0.1) is 10.2 Å². The lowest BCUT2D eigenvalue weighted by Crippen LogP contribution is -2.17. The number of aromatic nitrogens is 3. The van der Waals surface area contributed by atoms with Crippen molar-refractivity contribution in [3.63, 3.8) is 0 Å². The Morgan fingerprint density at radius 2 is 1.96 bits per heavy atom. The van der Waals surface area contributed by atoms with Gasteiger partial charge in [0.2, 0.25) is 5.91 Å². The summed E-state index contributed by atoms with van der Waals surface area (Å²) in [7, 11) is -2.95. The molecule has 1 saturated heterocycles. The van der Waals surface area contributed by atoms with Crippen LogP contribution in [0.4, 0.5) is 5.69 Å². The highest BCUT2D eigenvalue weighted by molar-refractivity contribution is 7.91. The molecule has 0 aliphatic carbocycles. The van der Waals surface area contributed by atoms with E-state index >= 15 is 0 Å². The predicted molar refractivity (Wildman–Crippen MR) is 103 cm³/mol. The van der Waals surface area contributed by atoms with Crippen molar-refractivity contribution in [2.24, 2.45) is 5.92 Å². The van der Waals surface area contributed by atoms with Crippen LogP contribution in [0.15, 0.2) is 24.3 Å². The van der Waals surface area contributed by atoms with Crippen LogP contribution in [-0.2, 0) is 27.6 Å². The van der Waals surface area contributed by atoms with Crippen molar-refractivity contribution in [3.05, 3.63) is 30.1 Å². The van der Waals surface area contributed by atoms with Gasteiger partial charge in [0.1, 0.15) is 5.82 Å². The molecule has 8 heteroatoms. The highest BCUT2D eigenvalue weighted by atomic mass is 32.2. The van der Waals surface area contributed by atoms with Gasteiger partial charge in [0.15, 0.2) is 15.7 Å². The number of carbonyl (C=O) groups is 1. The van der Waals surface area contributed by atoms with Crippen LogP contribution < -0.4 is 5.32 Å². The Hall–Kier alpha value is -2.22. The number of carbonyl (C=O) groups excluding carboxylic acids is 1. The number of nitrogens with one attached hydrogen (secondary N) is 1. The first kappa shape index (κ1) is 18.2. The van der Waals surface area contributed by atoms with E-state index < -0.39 is 9.84 Å². The maximum Gasteiger partial charge on any atom is 0.224 e. The summed E-state index contributed by atoms with van der Waals surface area (Å²) in [6, 6.07) is 7.60. The molecule has 0 saturated carbocycles. The van der Waals surface area contributed by atoms with Gasteiger partial charge >= 0.3 is 0 Å². The van der Waals surface area contributed by atoms with E-state index in [0.717, 1.165) is 43.0 Å². The minimum atomic E-state index is -2.95. The second-order valence-corrected chi connectivity index (χ2v) is 9.73. The largest absolute Gasteiger partial charge is 0.326 e. The molecular weight excluding hydrogens is 364 g/mol. The van der Waals surface area contributed by atoms with Crippen LogP contribution in [-0.4, -0.2) is 40.6 Å². The molecule has 7 nitrogen and oxygen atoms in total. The molecule has 0 unspecified atom stereocenters. The average Bonchev–Trinajstić information content (AvgIpc) is 3.09. The Kier molecular flexibility index (Phi) is 4.99. The van der Waals surface area contributed by atoms with Crippen molar-refractivity contribution in [3.8, 4) is 11.4 Å². The SMILES string of the molecule is O=C(C[C@@H]1CCS(=O)(=O)C1)Nc1ccc(-c2nnc3n2CCCCC3)cc1. The molecule has 1 N–H and O–H groups in total. The Bertz CT molecular complexity index is 934. The van der Waals surface area contributed by atoms with Gasteiger partial charge in [-0.05, 0) is 49.4 Å². The lowest BCUT2D eigenvalue weighted by Gasteiger charge is -2.10. The van der Waals surface area contributed by atoms with Crippen molar-refractivity contribution in [2.45, 2.75) is 45.1 Å². The van der Waals surface area contributed by atoms with Crippen molar-refractivity contribution < 1.29 is 13.2 Å². The monoisotopic (exact) mass is 388 g/mol. The van der Waals surface area contributed by atoms with E-state index in [0.29, 0.717) is 12.1 Å². The fourth-order valence-corrected chi connectivity index (χ4v) is 5.77. The number of rotatable bonds is 4. The minimum Gasteiger partial charge on any atom is -0.326 e. The number of anilines is 1. The Morgan fingerprint density at radius 3 is 2.70 bits per heavy atom. The lowest BCUT2D eigenvalue weighted by atomic mass is 10.0. The summed E-state index contributed by atoms with van der Waals surface area (Å²) in [5, 5.41) is 11.5. The van der Waals surface area contributed by atoms with E-state index in [1.54, 1.807) is 0 Å². The van der Waals surface area contributed by atoms with E-state index in [1.807, 2.05) is 24.3 Å². The first-order valence-corrected chi connectivity index (χ1v) is 11.4. The molecule has 3 heterocycles. The Labute approximate surface area is 159 Å². The third kappa shape index (κ3) is 4.21. The molecule has 1 aromatic carbocycles. The number of sulfone groups is 1. The van der Waals surface area contributed by atoms with Gasteiger partial charge in [-0.1, -0.05) is 6.42 Å². The predicted octanol–water partition coefficient (Wildman–Crippen LogP) is 2.43. The molecule has 1 atom stereocenters. The third-order valence-electron chi connectivity index (χ3n) is 5.34. The van der Waals surface area contributed by atoms with Crippen molar-refractivity contribution in [1.29, 1.82) is 0 Å². The lowest BCUT2D eigenvalue weighted by molar-refractivity contribution is -0.116. The van der Waals surface area contributed by atoms with Crippen LogP contribution in [0, 0.1) is 5.92 Å². The number of benzene rings is 1. The maximum atomic E-state index is 12.2. The van der Waals surface area contributed by atoms with Crippen LogP contribution in [0.2, 0.25) is 0 Å². The second kappa shape index (κ2) is 7.42. The summed E-state index contributed by atoms with van der Waals surface area (Å²) in [4.78, 5) is 12.2. The molecule has 0 radical (unpaired) electrons. The number of amides is 1. The van der Waals surface area contributed by atoms with Gasteiger partial charge in [0.25, 0.3) is 0 Å². The fraction of sp³-hybridized carbons (Fsp3) is 0.526. The summed E-state index contributed by atoms with van der Waals surface area (Å²) < 4.78 is 25.2. The van der Waals surface area contributed by atoms with E-state index in [4.69, 9.17) is 0 Å². The normalized spacial score (nSPS) is 21.4. The van der Waals surface area contributed by atoms with Crippen molar-refractivity contribution in [2.75, 3.05) is 16.8 Å². The van der Waals surface area contributed by atoms with Crippen LogP contribution in [0.1, 0.15) is 37.9 Å². The number of fused-ring (bicyclic) bond motifs is 1. The van der Waals surface area contributed by atoms with Gasteiger partial charge in [-0.25, -0.2) is 8.42 Å². The molecule has 2 aliphatic rings. The summed E-state index contributed by atoms with van der Waals surface area (Å²) >= 11 is 0. The van der Waals surface area contributed by atoms with E-state index in [1.165, 1.54) is 6.42 Å². The van der Waals surface area contributed by atoms with Crippen molar-refractivity contribution >= 4 is 21.4 Å². The highest BCUT2D eigenvalue weighted by Gasteiger charge is 2.29. The summed E-state index contributed by atoms with van der Waals surface area (Å²) in [5.41, 5.74) is 1.69. The van der Waals surface area contributed by atoms with Crippen LogP contribution in [0.3, 0.4) is 0 Å². The first-order chi connectivity index (χ1) is 13.0. The molecule has 4 rings (SSSR count). The third-order valence-corrected chi connectivity index (χ3v) is 7.17. The average molecular weight is 388 g/mol. The minimum absolute atomic E-state index is 0.0688. The number of nitrogens with zero attached hydrogens (tertiary/aromatic N) is 3. The summed E-state index contributed by atoms with van der Waals surface area (Å²) in [6.45, 7) is 0.945. The molecule has 0 bridgehead atoms. The van der Waals surface area contributed by atoms with Gasteiger partial charge in [0, 0.05) is 30.6 Å². The van der Waals surface area contributed by atoms with E-state index in [9.17, 15) is 13.2 Å². The van der Waals surface area contributed by atoms with Gasteiger partial charge in [-0.2, -0.15) is 0 Å². The van der Waals surface area contributed by atoms with E-state index in [2.05, 4.69) is 20.1 Å². The molecular formula is C19H24N4O3S. The summed E-state index contributed by atoms with van der Waals surface area (Å²) in [5.74, 6) is 2.04. The first-order valence-electron chi connectivity index (χ1n) is 9.53. The fourth-order valence-electron chi connectivity index (χ4n) is 3.91. The second-order valence-electron chi connectivity index (χ2n) is 7.50. The molecule has 27 heavy (non-hydrogen) atoms. The standard InChI is InChI=1S/C19H24N4O3S/c24-18(12-14-9-11-27(25,26)13-14)20-16-7-5-15(6-8-16)19-22-21-17-4-2-1-3-10-23(17)19/h5-8,14H,1-4,9-13H2,(H,20,24)/t14-/m0/s1. The zero-order valence-corrected chi connectivity index (χ0v) is 16.0. The molecule has 2 aliphatic heterocycles. The summed E-state index contributed by atoms with van der Waals surface area (Å²) in [6.07, 6.45) is 5.31. The highest BCUT2D eigenvalue weighted by Crippen LogP contribution is 2.25. The number of aryl methyl sites for hydroxylation is 1. The molecule has 2 aromatic rings. The molecule has 144 valence electrons. The topological polar surface area (TPSA) is 93.9 Å². The van der Waals surface area contributed by atoms with Crippen LogP contribution in [0.25, 0.3) is 11.4 Å². The van der Waals surface area contributed by atoms with Gasteiger partial charge in [-0.3, -0.25) is 4.79 Å². The van der Waals surface area contributed by atoms with Gasteiger partial charge in [0.05, 0.1) is 11.5 Å². The van der Waals surface area contributed by atoms with E-state index in [-0.39, 0.29) is 29.8 Å². The van der Waals surface area contributed by atoms with Crippen molar-refractivity contribution in [1.82, 2.24) is 14.8 Å². The molecule has 0 spiro atoms. The molecule has 1 aromatic heterocycles. The smallest absolute Gasteiger partial charge is 0.224 e. The number of hydrogen-bond donors (Lipinski definition) is 1. The van der Waals surface area contributed by atoms with Crippen LogP contribution in [0.5, 0.6) is 0 Å². The quantitative estimate of drug-likeness (QED) is 0.868.